The van der Waals surface area contributed by atoms with Crippen molar-refractivity contribution in [3.63, 3.8) is 0 Å². The van der Waals surface area contributed by atoms with Crippen molar-refractivity contribution in [2.24, 2.45) is 0 Å². The summed E-state index contributed by atoms with van der Waals surface area (Å²) in [5.41, 5.74) is 11.6. The first-order valence-corrected chi connectivity index (χ1v) is 26.4. The van der Waals surface area contributed by atoms with Crippen LogP contribution in [0.2, 0.25) is 0 Å². The van der Waals surface area contributed by atoms with Crippen molar-refractivity contribution in [2.45, 2.75) is 79.1 Å². The molecule has 0 radical (unpaired) electrons. The van der Waals surface area contributed by atoms with Crippen molar-refractivity contribution in [1.82, 2.24) is 0 Å². The summed E-state index contributed by atoms with van der Waals surface area (Å²) in [5.74, 6) is 0. The fourth-order valence-electron chi connectivity index (χ4n) is 7.39. The summed E-state index contributed by atoms with van der Waals surface area (Å²) in [7, 11) is 0. The molecule has 0 N–H and O–H groups in total. The maximum Gasteiger partial charge on any atom is -0.147 e. The number of aryl methyl sites for hydroxylation is 2. The fourth-order valence-corrected chi connectivity index (χ4v) is 28.9. The van der Waals surface area contributed by atoms with E-state index < -0.39 is 17.4 Å². The Morgan fingerprint density at radius 2 is 1.16 bits per heavy atom. The van der Waals surface area contributed by atoms with Crippen LogP contribution in [0.5, 0.6) is 0 Å². The first kappa shape index (κ1) is 34.9. The van der Waals surface area contributed by atoms with E-state index in [0.717, 1.165) is 12.8 Å². The summed E-state index contributed by atoms with van der Waals surface area (Å²) in [6.07, 6.45) is 9.24. The van der Waals surface area contributed by atoms with Crippen LogP contribution < -0.4 is 9.81 Å². The molecule has 0 nitrogen and oxygen atoms in total. The van der Waals surface area contributed by atoms with Crippen molar-refractivity contribution in [1.29, 1.82) is 0 Å². The van der Waals surface area contributed by atoms with Crippen LogP contribution in [0.15, 0.2) is 100 Å². The van der Waals surface area contributed by atoms with E-state index >= 15 is 0 Å². The van der Waals surface area contributed by atoms with Crippen LogP contribution in [0.25, 0.3) is 11.1 Å². The van der Waals surface area contributed by atoms with Crippen LogP contribution in [0.4, 0.5) is 0 Å². The Labute approximate surface area is 280 Å². The molecule has 0 aliphatic heterocycles. The first-order chi connectivity index (χ1) is 19.7. The predicted molar refractivity (Wildman–Crippen MR) is 198 cm³/mol. The molecule has 44 heavy (non-hydrogen) atoms. The monoisotopic (exact) mass is 716 g/mol. The third-order valence-corrected chi connectivity index (χ3v) is 36.3. The molecule has 0 unspecified atom stereocenters. The number of halogens is 2. The van der Waals surface area contributed by atoms with E-state index in [1.165, 1.54) is 38.9 Å². The smallest absolute Gasteiger partial charge is 0.147 e. The molecule has 0 spiro atoms. The second kappa shape index (κ2) is 12.0. The van der Waals surface area contributed by atoms with E-state index in [0.29, 0.717) is 0 Å². The van der Waals surface area contributed by atoms with E-state index in [1.54, 1.807) is 18.7 Å². The normalized spacial score (nSPS) is 14.3. The number of hydrogen-bond acceptors (Lipinski definition) is 0. The minimum atomic E-state index is -4.44. The minimum Gasteiger partial charge on any atom is -0.147 e. The maximum atomic E-state index is 2.67. The minimum absolute atomic E-state index is 0. The SMILES string of the molecule is Cc1cc[c]([Zr](=[SiH2])([C]2=CC=CC2)([c]2ccc(C)cc2)[c]2cc(C(C)(C)C)cc3c2Cc2ccc(C(C)(C)C)cc2-3)cc1.Cl.Cl. The average molecular weight is 719 g/mol. The van der Waals surface area contributed by atoms with E-state index in [9.17, 15) is 0 Å². The number of fused-ring (bicyclic) bond motifs is 3. The Morgan fingerprint density at radius 3 is 1.64 bits per heavy atom. The van der Waals surface area contributed by atoms with E-state index in [1.807, 2.05) is 0 Å². The number of rotatable bonds is 4. The third-order valence-electron chi connectivity index (χ3n) is 10.2. The van der Waals surface area contributed by atoms with E-state index in [-0.39, 0.29) is 35.6 Å². The van der Waals surface area contributed by atoms with Gasteiger partial charge in [-0.3, -0.25) is 0 Å². The van der Waals surface area contributed by atoms with E-state index in [2.05, 4.69) is 159 Å². The zero-order chi connectivity index (χ0) is 30.1. The zero-order valence-electron chi connectivity index (χ0n) is 27.7. The molecule has 2 aliphatic carbocycles. The molecule has 0 aromatic heterocycles. The Balaban J connectivity index is 0.00000221. The van der Waals surface area contributed by atoms with Crippen LogP contribution in [0, 0.1) is 13.8 Å². The number of hydrogen-bond donors (Lipinski definition) is 0. The molecule has 0 saturated carbocycles. The molecule has 0 amide bonds. The third kappa shape index (κ3) is 5.43. The molecule has 4 aromatic rings. The summed E-state index contributed by atoms with van der Waals surface area (Å²) < 4.78 is 6.41. The molecule has 230 valence electrons. The molecule has 0 bridgehead atoms. The molecule has 4 heteroatoms. The topological polar surface area (TPSA) is 0 Å². The van der Waals surface area contributed by atoms with Gasteiger partial charge in [0, 0.05) is 0 Å². The molecule has 0 saturated heterocycles. The van der Waals surface area contributed by atoms with Gasteiger partial charge in [-0.05, 0) is 0 Å². The Hall–Kier alpha value is -1.96. The largest absolute Gasteiger partial charge is 0.147 e. The zero-order valence-corrected chi connectivity index (χ0v) is 33.2. The molecule has 0 fully saturated rings. The van der Waals surface area contributed by atoms with Crippen LogP contribution >= 0.6 is 24.8 Å². The van der Waals surface area contributed by atoms with Gasteiger partial charge in [0.25, 0.3) is 0 Å². The van der Waals surface area contributed by atoms with Crippen LogP contribution in [0.1, 0.15) is 81.3 Å². The van der Waals surface area contributed by atoms with Gasteiger partial charge in [-0.2, -0.15) is 0 Å². The van der Waals surface area contributed by atoms with Crippen molar-refractivity contribution in [3.05, 3.63) is 134 Å². The second-order valence-electron chi connectivity index (χ2n) is 15.1. The molecule has 6 rings (SSSR count). The molecular weight excluding hydrogens is 671 g/mol. The van der Waals surface area contributed by atoms with Gasteiger partial charge in [0.15, 0.2) is 0 Å². The van der Waals surface area contributed by atoms with Gasteiger partial charge in [0.2, 0.25) is 0 Å². The van der Waals surface area contributed by atoms with Crippen LogP contribution in [-0.2, 0) is 34.6 Å². The number of benzene rings is 4. The average Bonchev–Trinajstić information content (AvgIpc) is 3.61. The van der Waals surface area contributed by atoms with Gasteiger partial charge in [-0.1, -0.05) is 0 Å². The molecule has 0 atom stereocenters. The van der Waals surface area contributed by atoms with Gasteiger partial charge in [0.05, 0.1) is 0 Å². The molecule has 2 aliphatic rings. The summed E-state index contributed by atoms with van der Waals surface area (Å²) in [6, 6.07) is 31.9. The van der Waals surface area contributed by atoms with Crippen molar-refractivity contribution in [3.8, 4) is 11.1 Å². The van der Waals surface area contributed by atoms with Crippen molar-refractivity contribution < 1.29 is 17.4 Å². The molecule has 0 heterocycles. The van der Waals surface area contributed by atoms with Crippen LogP contribution in [-0.4, -0.2) is 6.88 Å². The fraction of sp³-hybridized carbons (Fsp3) is 0.300. The molecular formula is C40H48Cl2SiZr. The van der Waals surface area contributed by atoms with Crippen molar-refractivity contribution >= 4 is 41.5 Å². The second-order valence-corrected chi connectivity index (χ2v) is 36.4. The maximum absolute atomic E-state index is 4.44. The molecule has 4 aromatic carbocycles. The Morgan fingerprint density at radius 1 is 0.636 bits per heavy atom. The Bertz CT molecular complexity index is 1790. The standard InChI is InChI=1S/C21H25.2C7H7.C5H5.2ClH.H2Si.Zr/c1-20(2,3)16-9-7-14-11-15-8-10-17(21(4,5)6)13-19(15)18(14)12-16;2*1-7-5-3-2-4-6-7;1-2-4-5-3-1;;;;/h7,9-10,12-13H,11H2,1-6H3;2*3-6H,1H3;1-3H,4H2;2*1H;1H2;. The van der Waals surface area contributed by atoms with Gasteiger partial charge in [-0.25, -0.2) is 0 Å². The van der Waals surface area contributed by atoms with Gasteiger partial charge < -0.3 is 0 Å². The summed E-state index contributed by atoms with van der Waals surface area (Å²) in [4.78, 5) is 0. The summed E-state index contributed by atoms with van der Waals surface area (Å²) in [6.45, 7) is 21.0. The Kier molecular flexibility index (Phi) is 9.52. The van der Waals surface area contributed by atoms with Crippen LogP contribution in [0.3, 0.4) is 0 Å². The van der Waals surface area contributed by atoms with Gasteiger partial charge >= 0.3 is 258 Å². The van der Waals surface area contributed by atoms with Crippen molar-refractivity contribution in [2.75, 3.05) is 0 Å². The first-order valence-electron chi connectivity index (χ1n) is 15.6. The van der Waals surface area contributed by atoms with Gasteiger partial charge in [-0.15, -0.1) is 24.8 Å². The summed E-state index contributed by atoms with van der Waals surface area (Å²) >= 11 is -4.44. The summed E-state index contributed by atoms with van der Waals surface area (Å²) in [5, 5.41) is 0. The van der Waals surface area contributed by atoms with Gasteiger partial charge in [0.1, 0.15) is 0 Å². The number of allylic oxidation sites excluding steroid dienone is 4. The predicted octanol–water partition coefficient (Wildman–Crippen LogP) is 8.67. The quantitative estimate of drug-likeness (QED) is 0.163. The van der Waals surface area contributed by atoms with E-state index in [4.69, 9.17) is 0 Å².